The van der Waals surface area contributed by atoms with E-state index in [2.05, 4.69) is 20.9 Å². The van der Waals surface area contributed by atoms with Crippen LogP contribution in [0.3, 0.4) is 0 Å². The molecule has 0 saturated carbocycles. The summed E-state index contributed by atoms with van der Waals surface area (Å²) in [4.78, 5) is 14.5. The summed E-state index contributed by atoms with van der Waals surface area (Å²) >= 11 is 4.69. The van der Waals surface area contributed by atoms with E-state index in [0.717, 1.165) is 22.7 Å². The van der Waals surface area contributed by atoms with E-state index in [1.54, 1.807) is 0 Å². The maximum absolute atomic E-state index is 10.3. The maximum atomic E-state index is 10.3. The minimum atomic E-state index is 0.360. The quantitative estimate of drug-likeness (QED) is 0.807. The van der Waals surface area contributed by atoms with Gasteiger partial charge in [0.15, 0.2) is 15.4 Å². The number of carbonyl (C=O) groups is 1. The van der Waals surface area contributed by atoms with E-state index in [1.807, 2.05) is 17.5 Å². The predicted molar refractivity (Wildman–Crippen MR) is 57.3 cm³/mol. The summed E-state index contributed by atoms with van der Waals surface area (Å²) in [5, 5.41) is 2.66. The third-order valence-electron chi connectivity index (χ3n) is 1.63. The van der Waals surface area contributed by atoms with E-state index in [0.29, 0.717) is 11.1 Å². The van der Waals surface area contributed by atoms with Crippen LogP contribution in [0.4, 0.5) is 0 Å². The van der Waals surface area contributed by atoms with Crippen molar-refractivity contribution in [3.63, 3.8) is 0 Å². The minimum Gasteiger partial charge on any atom is -0.447 e. The van der Waals surface area contributed by atoms with Gasteiger partial charge in [-0.25, -0.2) is 4.98 Å². The van der Waals surface area contributed by atoms with Crippen LogP contribution in [0.15, 0.2) is 26.6 Å². The highest BCUT2D eigenvalue weighted by Gasteiger charge is 2.07. The Morgan fingerprint density at radius 3 is 3.07 bits per heavy atom. The van der Waals surface area contributed by atoms with Gasteiger partial charge in [0.05, 0.1) is 5.69 Å². The van der Waals surface area contributed by atoms with Crippen molar-refractivity contribution in [2.24, 2.45) is 0 Å². The second-order valence-electron chi connectivity index (χ2n) is 2.62. The Hall–Kier alpha value is -0.940. The molecule has 3 nitrogen and oxygen atoms in total. The van der Waals surface area contributed by atoms with Crippen LogP contribution in [0, 0.1) is 0 Å². The molecule has 0 N–H and O–H groups in total. The number of nitrogens with zero attached hydrogens (tertiary/aromatic N) is 1. The molecule has 0 atom stereocenters. The molecule has 5 heteroatoms. The Labute approximate surface area is 92.9 Å². The standard InChI is InChI=1S/C9H6BrNO2S/c10-8-2-1-7(13-8)9-11-6(3-4-12)5-14-9/h1-2,4-5H,3H2. The second kappa shape index (κ2) is 4.06. The Kier molecular flexibility index (Phi) is 2.79. The van der Waals surface area contributed by atoms with Gasteiger partial charge >= 0.3 is 0 Å². The van der Waals surface area contributed by atoms with Crippen LogP contribution in [0.25, 0.3) is 10.8 Å². The van der Waals surface area contributed by atoms with Gasteiger partial charge in [-0.3, -0.25) is 0 Å². The summed E-state index contributed by atoms with van der Waals surface area (Å²) in [6.45, 7) is 0. The fourth-order valence-electron chi connectivity index (χ4n) is 1.03. The van der Waals surface area contributed by atoms with Crippen molar-refractivity contribution in [3.8, 4) is 10.8 Å². The Morgan fingerprint density at radius 1 is 1.57 bits per heavy atom. The Balaban J connectivity index is 2.28. The lowest BCUT2D eigenvalue weighted by Gasteiger charge is -1.87. The summed E-state index contributed by atoms with van der Waals surface area (Å²) in [7, 11) is 0. The Bertz CT molecular complexity index is 449. The zero-order chi connectivity index (χ0) is 9.97. The van der Waals surface area contributed by atoms with Crippen molar-refractivity contribution in [1.82, 2.24) is 4.98 Å². The molecule has 0 amide bonds. The van der Waals surface area contributed by atoms with Crippen LogP contribution in [0.2, 0.25) is 0 Å². The van der Waals surface area contributed by atoms with Gasteiger partial charge in [-0.1, -0.05) is 0 Å². The van der Waals surface area contributed by atoms with E-state index in [4.69, 9.17) is 4.42 Å². The molecule has 2 aromatic heterocycles. The third kappa shape index (κ3) is 1.93. The minimum absolute atomic E-state index is 0.360. The molecule has 2 heterocycles. The smallest absolute Gasteiger partial charge is 0.170 e. The first kappa shape index (κ1) is 9.61. The zero-order valence-electron chi connectivity index (χ0n) is 7.07. The number of furan rings is 1. The van der Waals surface area contributed by atoms with Crippen molar-refractivity contribution in [1.29, 1.82) is 0 Å². The molecule has 0 aromatic carbocycles. The lowest BCUT2D eigenvalue weighted by atomic mass is 10.4. The molecule has 0 spiro atoms. The number of hydrogen-bond donors (Lipinski definition) is 0. The van der Waals surface area contributed by atoms with Gasteiger partial charge in [-0.2, -0.15) is 0 Å². The molecule has 0 aliphatic heterocycles. The molecule has 2 rings (SSSR count). The van der Waals surface area contributed by atoms with E-state index in [-0.39, 0.29) is 0 Å². The highest BCUT2D eigenvalue weighted by atomic mass is 79.9. The number of thiazole rings is 1. The number of hydrogen-bond acceptors (Lipinski definition) is 4. The zero-order valence-corrected chi connectivity index (χ0v) is 9.47. The van der Waals surface area contributed by atoms with E-state index < -0.39 is 0 Å². The average Bonchev–Trinajstić information content (AvgIpc) is 2.74. The number of rotatable bonds is 3. The SMILES string of the molecule is O=CCc1csc(-c2ccc(Br)o2)n1. The van der Waals surface area contributed by atoms with E-state index in [1.165, 1.54) is 11.3 Å². The molecule has 0 aliphatic carbocycles. The highest BCUT2D eigenvalue weighted by Crippen LogP contribution is 2.27. The van der Waals surface area contributed by atoms with E-state index >= 15 is 0 Å². The molecular weight excluding hydrogens is 266 g/mol. The summed E-state index contributed by atoms with van der Waals surface area (Å²) < 4.78 is 6.02. The van der Waals surface area contributed by atoms with Crippen LogP contribution < -0.4 is 0 Å². The molecule has 0 radical (unpaired) electrons. The van der Waals surface area contributed by atoms with Crippen LogP contribution in [0.5, 0.6) is 0 Å². The molecule has 0 unspecified atom stereocenters. The summed E-state index contributed by atoms with van der Waals surface area (Å²) in [6.07, 6.45) is 1.20. The van der Waals surface area contributed by atoms with E-state index in [9.17, 15) is 4.79 Å². The van der Waals surface area contributed by atoms with Gasteiger partial charge < -0.3 is 9.21 Å². The molecule has 0 fully saturated rings. The average molecular weight is 272 g/mol. The highest BCUT2D eigenvalue weighted by molar-refractivity contribution is 9.10. The third-order valence-corrected chi connectivity index (χ3v) is 2.96. The van der Waals surface area contributed by atoms with Crippen molar-refractivity contribution < 1.29 is 9.21 Å². The fraction of sp³-hybridized carbons (Fsp3) is 0.111. The van der Waals surface area contributed by atoms with Crippen molar-refractivity contribution >= 4 is 33.6 Å². The lowest BCUT2D eigenvalue weighted by Crippen LogP contribution is -1.84. The summed E-state index contributed by atoms with van der Waals surface area (Å²) in [5.41, 5.74) is 0.785. The van der Waals surface area contributed by atoms with Crippen molar-refractivity contribution in [2.45, 2.75) is 6.42 Å². The van der Waals surface area contributed by atoms with Gasteiger partial charge in [-0.05, 0) is 28.1 Å². The topological polar surface area (TPSA) is 43.1 Å². The van der Waals surface area contributed by atoms with Crippen molar-refractivity contribution in [2.75, 3.05) is 0 Å². The van der Waals surface area contributed by atoms with Crippen molar-refractivity contribution in [3.05, 3.63) is 27.9 Å². The number of aldehydes is 1. The molecule has 0 bridgehead atoms. The van der Waals surface area contributed by atoms with Crippen LogP contribution in [-0.2, 0) is 11.2 Å². The summed E-state index contributed by atoms with van der Waals surface area (Å²) in [5.74, 6) is 0.721. The number of aromatic nitrogens is 1. The molecule has 72 valence electrons. The molecule has 0 aliphatic rings. The van der Waals surface area contributed by atoms with Gasteiger partial charge in [0.25, 0.3) is 0 Å². The number of carbonyl (C=O) groups excluding carboxylic acids is 1. The number of halogens is 1. The predicted octanol–water partition coefficient (Wildman–Crippen LogP) is 2.91. The molecule has 2 aromatic rings. The van der Waals surface area contributed by atoms with Gasteiger partial charge in [-0.15, -0.1) is 11.3 Å². The lowest BCUT2D eigenvalue weighted by molar-refractivity contribution is -0.107. The second-order valence-corrected chi connectivity index (χ2v) is 4.26. The first-order valence-electron chi connectivity index (χ1n) is 3.93. The monoisotopic (exact) mass is 271 g/mol. The van der Waals surface area contributed by atoms with Crippen LogP contribution in [-0.4, -0.2) is 11.3 Å². The molecule has 14 heavy (non-hydrogen) atoms. The maximum Gasteiger partial charge on any atom is 0.170 e. The first-order valence-corrected chi connectivity index (χ1v) is 5.60. The fourth-order valence-corrected chi connectivity index (χ4v) is 2.13. The van der Waals surface area contributed by atoms with Crippen LogP contribution in [0.1, 0.15) is 5.69 Å². The van der Waals surface area contributed by atoms with Gasteiger partial charge in [0.2, 0.25) is 0 Å². The van der Waals surface area contributed by atoms with Gasteiger partial charge in [0, 0.05) is 11.8 Å². The molecule has 0 saturated heterocycles. The Morgan fingerprint density at radius 2 is 2.43 bits per heavy atom. The van der Waals surface area contributed by atoms with Crippen LogP contribution >= 0.6 is 27.3 Å². The normalized spacial score (nSPS) is 10.4. The summed E-state index contributed by atoms with van der Waals surface area (Å²) in [6, 6.07) is 3.66. The first-order chi connectivity index (χ1) is 6.79. The molecular formula is C9H6BrNO2S. The largest absolute Gasteiger partial charge is 0.447 e. The van der Waals surface area contributed by atoms with Gasteiger partial charge in [0.1, 0.15) is 6.29 Å².